The van der Waals surface area contributed by atoms with Gasteiger partial charge in [-0.25, -0.2) is 4.68 Å². The molecule has 7 rings (SSSR count). The molecule has 566 valence electrons. The molecule has 31 heteroatoms. The van der Waals surface area contributed by atoms with Gasteiger partial charge in [-0.2, -0.15) is 13.2 Å². The van der Waals surface area contributed by atoms with Gasteiger partial charge in [-0.1, -0.05) is 109 Å². The molecule has 3 aliphatic heterocycles. The molecule has 1 aromatic carbocycles. The molecule has 3 N–H and O–H groups in total. The highest BCUT2D eigenvalue weighted by Gasteiger charge is 2.52. The van der Waals surface area contributed by atoms with Crippen LogP contribution in [0.3, 0.4) is 0 Å². The van der Waals surface area contributed by atoms with Gasteiger partial charge in [-0.3, -0.25) is 57.5 Å². The summed E-state index contributed by atoms with van der Waals surface area (Å²) >= 11 is 6.18. The molecular weight excluding hydrogens is 1350 g/mol. The summed E-state index contributed by atoms with van der Waals surface area (Å²) in [5.41, 5.74) is -2.49. The van der Waals surface area contributed by atoms with Crippen LogP contribution in [0.15, 0.2) is 30.6 Å². The molecule has 2 saturated carbocycles. The van der Waals surface area contributed by atoms with Gasteiger partial charge in [0, 0.05) is 81.6 Å². The number of halogens is 4. The van der Waals surface area contributed by atoms with Crippen molar-refractivity contribution >= 4 is 82.5 Å². The molecule has 5 aliphatic rings. The standard InChI is InChI=1S/C71H107ClF3N15O12/c1-14-45(6)60-67(100)83(9)41-58(93)81(7)42-59(94)85(11)54(36-46-22-16-17-23-46)65(98)82(8)40-56(91)77-51(27-25-47-24-26-49(50(72)35-47)71(73,74)75)64(97)89-39-48(90-33-30-76-80-90)37-53(89)63(96)79-70(28-18-19-29-70)69(102)87(13)61(44(4)5)68(101)86(12)55(66(99)88-31-20-15-21-32-88)38-57(92)84(10)52(34-43(2)3)62(95)78-60/h24,26,30,33,35,43-46,48,51-55,60-61H,14-23,25,27-29,31-32,34,36-42H2,1-13H3,(H,77,91)(H,78,95)(H,79,96)/t45-,48-,51-,52-,53-,54-,55-,60-,61-/m0/s1. The summed E-state index contributed by atoms with van der Waals surface area (Å²) in [6.45, 7) is 9.49. The van der Waals surface area contributed by atoms with E-state index in [2.05, 4.69) is 26.3 Å². The number of hydrogen-bond acceptors (Lipinski definition) is 14. The van der Waals surface area contributed by atoms with E-state index in [1.54, 1.807) is 31.9 Å². The number of fused-ring (bicyclic) bond motifs is 1. The van der Waals surface area contributed by atoms with Gasteiger partial charge in [0.25, 0.3) is 0 Å². The third-order valence-corrected chi connectivity index (χ3v) is 21.8. The van der Waals surface area contributed by atoms with Crippen molar-refractivity contribution in [2.75, 3.05) is 88.6 Å². The minimum Gasteiger partial charge on any atom is -0.343 e. The average molecular weight is 1460 g/mol. The summed E-state index contributed by atoms with van der Waals surface area (Å²) in [5, 5.41) is 16.2. The van der Waals surface area contributed by atoms with Crippen LogP contribution < -0.4 is 16.0 Å². The first kappa shape index (κ1) is 81.4. The van der Waals surface area contributed by atoms with E-state index in [4.69, 9.17) is 11.6 Å². The lowest BCUT2D eigenvalue weighted by Gasteiger charge is -2.42. The van der Waals surface area contributed by atoms with Crippen LogP contribution in [0.2, 0.25) is 5.02 Å². The van der Waals surface area contributed by atoms with Crippen LogP contribution in [0, 0.1) is 23.7 Å². The minimum absolute atomic E-state index is 0.00697. The number of likely N-dealkylation sites (tertiary alicyclic amines) is 1. The maximum Gasteiger partial charge on any atom is 0.417 e. The Kier molecular flexibility index (Phi) is 28.3. The molecule has 3 saturated heterocycles. The molecule has 2 aliphatic carbocycles. The Morgan fingerprint density at radius 2 is 1.32 bits per heavy atom. The number of carbonyl (C=O) groups is 12. The fraction of sp³-hybridized carbons (Fsp3) is 0.718. The summed E-state index contributed by atoms with van der Waals surface area (Å²) in [6.07, 6.45) is 4.41. The predicted octanol–water partition coefficient (Wildman–Crippen LogP) is 4.55. The van der Waals surface area contributed by atoms with E-state index in [1.807, 2.05) is 20.8 Å². The minimum atomic E-state index is -4.79. The number of nitrogens with zero attached hydrogens (tertiary/aromatic N) is 12. The summed E-state index contributed by atoms with van der Waals surface area (Å²) < 4.78 is 43.3. The number of aryl methyl sites for hydroxylation is 1. The van der Waals surface area contributed by atoms with Crippen molar-refractivity contribution < 1.29 is 70.7 Å². The number of benzene rings is 1. The van der Waals surface area contributed by atoms with Crippen LogP contribution >= 0.6 is 11.6 Å². The maximum atomic E-state index is 15.6. The molecular formula is C71H107ClF3N15O12. The molecule has 0 bridgehead atoms. The van der Waals surface area contributed by atoms with E-state index in [9.17, 15) is 46.7 Å². The van der Waals surface area contributed by atoms with E-state index in [1.165, 1.54) is 90.8 Å². The molecule has 0 unspecified atom stereocenters. The Morgan fingerprint density at radius 1 is 0.696 bits per heavy atom. The molecule has 1 spiro atoms. The summed E-state index contributed by atoms with van der Waals surface area (Å²) in [4.78, 5) is 191. The van der Waals surface area contributed by atoms with Crippen LogP contribution in [0.5, 0.6) is 0 Å². The van der Waals surface area contributed by atoms with Crippen molar-refractivity contribution in [3.63, 3.8) is 0 Å². The highest BCUT2D eigenvalue weighted by atomic mass is 35.5. The summed E-state index contributed by atoms with van der Waals surface area (Å²) in [7, 11) is 9.77. The van der Waals surface area contributed by atoms with Crippen molar-refractivity contribution in [2.24, 2.45) is 23.7 Å². The second-order valence-electron chi connectivity index (χ2n) is 29.8. The van der Waals surface area contributed by atoms with Crippen molar-refractivity contribution in [1.29, 1.82) is 0 Å². The van der Waals surface area contributed by atoms with Crippen LogP contribution in [0.4, 0.5) is 13.2 Å². The lowest BCUT2D eigenvalue weighted by atomic mass is 9.91. The van der Waals surface area contributed by atoms with Crippen molar-refractivity contribution in [2.45, 2.75) is 217 Å². The number of carbonyl (C=O) groups excluding carboxylic acids is 12. The molecule has 4 heterocycles. The van der Waals surface area contributed by atoms with Crippen LogP contribution in [-0.2, 0) is 70.1 Å². The molecule has 2 aromatic rings. The largest absolute Gasteiger partial charge is 0.417 e. The smallest absolute Gasteiger partial charge is 0.343 e. The van der Waals surface area contributed by atoms with Gasteiger partial charge in [-0.15, -0.1) is 5.10 Å². The third kappa shape index (κ3) is 19.9. The van der Waals surface area contributed by atoms with E-state index in [0.717, 1.165) is 58.9 Å². The first-order valence-corrected chi connectivity index (χ1v) is 36.4. The molecule has 5 fully saturated rings. The number of amides is 12. The quantitative estimate of drug-likeness (QED) is 0.263. The molecule has 1 aromatic heterocycles. The van der Waals surface area contributed by atoms with Crippen molar-refractivity contribution in [1.82, 2.24) is 75.0 Å². The molecule has 102 heavy (non-hydrogen) atoms. The third-order valence-electron chi connectivity index (χ3n) is 21.5. The Morgan fingerprint density at radius 3 is 1.91 bits per heavy atom. The zero-order valence-electron chi connectivity index (χ0n) is 61.6. The normalized spacial score (nSPS) is 26.2. The van der Waals surface area contributed by atoms with Gasteiger partial charge in [0.05, 0.1) is 48.9 Å². The van der Waals surface area contributed by atoms with Gasteiger partial charge in [-0.05, 0) is 99.2 Å². The van der Waals surface area contributed by atoms with Gasteiger partial charge < -0.3 is 60.0 Å². The lowest BCUT2D eigenvalue weighted by Crippen LogP contribution is -2.65. The Balaban J connectivity index is 1.31. The van der Waals surface area contributed by atoms with Gasteiger partial charge >= 0.3 is 6.18 Å². The molecule has 27 nitrogen and oxygen atoms in total. The first-order chi connectivity index (χ1) is 48.0. The molecule has 0 radical (unpaired) electrons. The van der Waals surface area contributed by atoms with E-state index < -0.39 is 179 Å². The highest BCUT2D eigenvalue weighted by Crippen LogP contribution is 2.38. The zero-order chi connectivity index (χ0) is 75.4. The predicted molar refractivity (Wildman–Crippen MR) is 372 cm³/mol. The monoisotopic (exact) mass is 1450 g/mol. The molecule has 12 amide bonds. The maximum absolute atomic E-state index is 15.6. The SMILES string of the molecule is CC[C@H](C)[C@@H]1NC(=O)[C@H](CC(C)C)N(C)C(=O)C[C@@H](C(=O)N2CCCCC2)N(C)C(=O)[C@H](C(C)C)N(C)C(=O)C2(CCCC2)NC(=O)[C@@H]2C[C@H](n3ccnn3)CN2C(=O)[C@H](CCc2ccc(C(F)(F)F)c(Cl)c2)NC(=O)CN(C)C(=O)[C@H](CC2CCCC2)N(C)C(=O)CN(C)C(=O)CN(C)C1=O. The second kappa shape index (κ2) is 35.5. The zero-order valence-corrected chi connectivity index (χ0v) is 62.3. The number of hydrogen-bond donors (Lipinski definition) is 3. The van der Waals surface area contributed by atoms with Crippen molar-refractivity contribution in [3.05, 3.63) is 46.7 Å². The fourth-order valence-corrected chi connectivity index (χ4v) is 15.4. The Bertz CT molecular complexity index is 3340. The number of aromatic nitrogens is 3. The first-order valence-electron chi connectivity index (χ1n) is 36.0. The van der Waals surface area contributed by atoms with Gasteiger partial charge in [0.15, 0.2) is 0 Å². The average Bonchev–Trinajstić information content (AvgIpc) is 1.44. The highest BCUT2D eigenvalue weighted by molar-refractivity contribution is 6.31. The van der Waals surface area contributed by atoms with Gasteiger partial charge in [0.1, 0.15) is 47.8 Å². The lowest BCUT2D eigenvalue weighted by molar-refractivity contribution is -0.156. The van der Waals surface area contributed by atoms with E-state index in [-0.39, 0.29) is 68.9 Å². The Hall–Kier alpha value is -7.92. The second-order valence-corrected chi connectivity index (χ2v) is 30.2. The number of rotatable bonds is 12. The topological polar surface area (TPSA) is 301 Å². The van der Waals surface area contributed by atoms with Crippen LogP contribution in [0.25, 0.3) is 0 Å². The summed E-state index contributed by atoms with van der Waals surface area (Å²) in [5.74, 6) is -9.58. The summed E-state index contributed by atoms with van der Waals surface area (Å²) in [6, 6.07) is -6.80. The Labute approximate surface area is 601 Å². The molecule has 9 atom stereocenters. The van der Waals surface area contributed by atoms with Crippen LogP contribution in [-0.4, -0.2) is 266 Å². The van der Waals surface area contributed by atoms with E-state index in [0.29, 0.717) is 45.2 Å². The fourth-order valence-electron chi connectivity index (χ4n) is 15.0. The van der Waals surface area contributed by atoms with E-state index >= 15 is 24.0 Å². The van der Waals surface area contributed by atoms with Crippen LogP contribution in [0.1, 0.15) is 168 Å². The number of alkyl halides is 3. The van der Waals surface area contributed by atoms with Gasteiger partial charge in [0.2, 0.25) is 70.9 Å². The number of piperidine rings is 1. The number of likely N-dealkylation sites (N-methyl/N-ethyl adjacent to an activating group) is 7. The number of nitrogens with one attached hydrogen (secondary N) is 3. The van der Waals surface area contributed by atoms with Crippen molar-refractivity contribution in [3.8, 4) is 0 Å².